The van der Waals surface area contributed by atoms with Gasteiger partial charge in [0.25, 0.3) is 5.91 Å². The number of benzene rings is 1. The van der Waals surface area contributed by atoms with E-state index >= 15 is 0 Å². The van der Waals surface area contributed by atoms with Crippen LogP contribution in [-0.2, 0) is 6.54 Å². The third-order valence-corrected chi connectivity index (χ3v) is 5.05. The lowest BCUT2D eigenvalue weighted by Gasteiger charge is -2.38. The van der Waals surface area contributed by atoms with Gasteiger partial charge < -0.3 is 5.32 Å². The zero-order valence-corrected chi connectivity index (χ0v) is 17.0. The number of hydrogen-bond donors (Lipinski definition) is 2. The molecule has 1 amide bonds. The Bertz CT molecular complexity index is 859. The molecule has 1 atom stereocenters. The van der Waals surface area contributed by atoms with E-state index in [1.807, 2.05) is 36.4 Å². The molecule has 2 N–H and O–H groups in total. The van der Waals surface area contributed by atoms with Gasteiger partial charge in [-0.05, 0) is 55.0 Å². The number of nitrogens with one attached hydrogen (secondary N) is 1. The monoisotopic (exact) mass is 379 g/mol. The van der Waals surface area contributed by atoms with Gasteiger partial charge in [0, 0.05) is 17.8 Å². The lowest BCUT2D eigenvalue weighted by atomic mass is 9.83. The largest absolute Gasteiger partial charge is 0.305 e. The van der Waals surface area contributed by atoms with Crippen molar-refractivity contribution in [3.63, 3.8) is 0 Å². The third-order valence-electron chi connectivity index (χ3n) is 5.05. The Labute approximate surface area is 167 Å². The number of rotatable bonds is 5. The van der Waals surface area contributed by atoms with Crippen molar-refractivity contribution in [1.82, 2.24) is 15.4 Å². The summed E-state index contributed by atoms with van der Waals surface area (Å²) in [5, 5.41) is 14.6. The van der Waals surface area contributed by atoms with Gasteiger partial charge in [0.15, 0.2) is 0 Å². The Balaban J connectivity index is 1.82. The van der Waals surface area contributed by atoms with Crippen molar-refractivity contribution in [2.45, 2.75) is 52.2 Å². The average molecular weight is 380 g/mol. The van der Waals surface area contributed by atoms with Crippen molar-refractivity contribution in [3.8, 4) is 0 Å². The molecule has 1 aromatic carbocycles. The second-order valence-electron chi connectivity index (χ2n) is 8.44. The minimum Gasteiger partial charge on any atom is -0.305 e. The Morgan fingerprint density at radius 1 is 1.29 bits per heavy atom. The first-order valence-electron chi connectivity index (χ1n) is 9.75. The summed E-state index contributed by atoms with van der Waals surface area (Å²) in [7, 11) is 0. The number of pyridine rings is 1. The zero-order valence-electron chi connectivity index (χ0n) is 17.0. The highest BCUT2D eigenvalue weighted by Crippen LogP contribution is 2.31. The predicted octanol–water partition coefficient (Wildman–Crippen LogP) is 4.29. The maximum Gasteiger partial charge on any atom is 0.296 e. The lowest BCUT2D eigenvalue weighted by molar-refractivity contribution is -0.0652. The summed E-state index contributed by atoms with van der Waals surface area (Å²) >= 11 is 0. The van der Waals surface area contributed by atoms with Crippen LogP contribution >= 0.6 is 0 Å². The SMILES string of the molecule is CC(C)C1C=C(c2ccnc(C(=O)N(O)Cc3ccccc3)c2)CC(C)(C)N1. The maximum absolute atomic E-state index is 12.7. The Morgan fingerprint density at radius 2 is 2.00 bits per heavy atom. The van der Waals surface area contributed by atoms with Crippen molar-refractivity contribution in [1.29, 1.82) is 0 Å². The standard InChI is InChI=1S/C23H29N3O2/c1-16(2)20-13-19(14-23(3,4)25-20)18-10-11-24-21(12-18)22(27)26(28)15-17-8-6-5-7-9-17/h5-13,16,20,25,28H,14-15H2,1-4H3. The number of carbonyl (C=O) groups is 1. The summed E-state index contributed by atoms with van der Waals surface area (Å²) in [6, 6.07) is 13.4. The molecule has 5 heteroatoms. The molecule has 2 aromatic rings. The Hall–Kier alpha value is -2.50. The van der Waals surface area contributed by atoms with E-state index in [1.54, 1.807) is 12.3 Å². The summed E-state index contributed by atoms with van der Waals surface area (Å²) in [5.41, 5.74) is 3.26. The fourth-order valence-electron chi connectivity index (χ4n) is 3.56. The number of hydroxylamine groups is 2. The first-order valence-corrected chi connectivity index (χ1v) is 9.75. The van der Waals surface area contributed by atoms with Crippen LogP contribution < -0.4 is 5.32 Å². The molecule has 0 bridgehead atoms. The highest BCUT2D eigenvalue weighted by Gasteiger charge is 2.30. The zero-order chi connectivity index (χ0) is 20.3. The van der Waals surface area contributed by atoms with Crippen molar-refractivity contribution < 1.29 is 10.0 Å². The second-order valence-corrected chi connectivity index (χ2v) is 8.44. The van der Waals surface area contributed by atoms with Crippen LogP contribution in [0.2, 0.25) is 0 Å². The molecule has 0 spiro atoms. The molecular weight excluding hydrogens is 350 g/mol. The molecule has 1 aromatic heterocycles. The highest BCUT2D eigenvalue weighted by molar-refractivity contribution is 5.92. The van der Waals surface area contributed by atoms with Crippen molar-refractivity contribution >= 4 is 11.5 Å². The Kier molecular flexibility index (Phi) is 5.96. The molecule has 0 fully saturated rings. The minimum absolute atomic E-state index is 0.0250. The molecule has 1 aliphatic heterocycles. The van der Waals surface area contributed by atoms with Crippen LogP contribution in [0.25, 0.3) is 5.57 Å². The van der Waals surface area contributed by atoms with Crippen molar-refractivity contribution in [3.05, 3.63) is 71.6 Å². The fraction of sp³-hybridized carbons (Fsp3) is 0.391. The van der Waals surface area contributed by atoms with Crippen LogP contribution in [0.4, 0.5) is 0 Å². The quantitative estimate of drug-likeness (QED) is 0.601. The molecule has 0 saturated carbocycles. The lowest BCUT2D eigenvalue weighted by Crippen LogP contribution is -2.50. The smallest absolute Gasteiger partial charge is 0.296 e. The van der Waals surface area contributed by atoms with Crippen LogP contribution in [0.1, 0.15) is 55.7 Å². The third kappa shape index (κ3) is 4.86. The van der Waals surface area contributed by atoms with Gasteiger partial charge in [-0.2, -0.15) is 0 Å². The summed E-state index contributed by atoms with van der Waals surface area (Å²) in [4.78, 5) is 16.9. The fourth-order valence-corrected chi connectivity index (χ4v) is 3.56. The molecule has 28 heavy (non-hydrogen) atoms. The summed E-state index contributed by atoms with van der Waals surface area (Å²) in [6.45, 7) is 8.90. The van der Waals surface area contributed by atoms with Gasteiger partial charge in [-0.15, -0.1) is 0 Å². The minimum atomic E-state index is -0.500. The Morgan fingerprint density at radius 3 is 2.68 bits per heavy atom. The topological polar surface area (TPSA) is 65.5 Å². The molecule has 2 heterocycles. The van der Waals surface area contributed by atoms with Crippen LogP contribution in [-0.4, -0.2) is 32.7 Å². The van der Waals surface area contributed by atoms with E-state index in [2.05, 4.69) is 44.1 Å². The molecule has 5 nitrogen and oxygen atoms in total. The second kappa shape index (κ2) is 8.25. The van der Waals surface area contributed by atoms with Crippen LogP contribution in [0.15, 0.2) is 54.7 Å². The highest BCUT2D eigenvalue weighted by atomic mass is 16.5. The molecule has 1 unspecified atom stereocenters. The van der Waals surface area contributed by atoms with E-state index in [0.717, 1.165) is 22.6 Å². The van der Waals surface area contributed by atoms with E-state index in [-0.39, 0.29) is 23.8 Å². The van der Waals surface area contributed by atoms with Gasteiger partial charge in [0.2, 0.25) is 0 Å². The van der Waals surface area contributed by atoms with Crippen LogP contribution in [0, 0.1) is 5.92 Å². The van der Waals surface area contributed by atoms with Crippen molar-refractivity contribution in [2.24, 2.45) is 5.92 Å². The molecule has 0 radical (unpaired) electrons. The number of amides is 1. The van der Waals surface area contributed by atoms with Gasteiger partial charge in [-0.3, -0.25) is 15.0 Å². The first-order chi connectivity index (χ1) is 13.2. The van der Waals surface area contributed by atoms with E-state index < -0.39 is 5.91 Å². The van der Waals surface area contributed by atoms with Crippen molar-refractivity contribution in [2.75, 3.05) is 0 Å². The summed E-state index contributed by atoms with van der Waals surface area (Å²) in [6.07, 6.45) is 4.75. The van der Waals surface area contributed by atoms with Gasteiger partial charge in [-0.1, -0.05) is 50.3 Å². The molecule has 148 valence electrons. The summed E-state index contributed by atoms with van der Waals surface area (Å²) in [5.74, 6) is -0.0313. The number of aromatic nitrogens is 1. The summed E-state index contributed by atoms with van der Waals surface area (Å²) < 4.78 is 0. The normalized spacial score (nSPS) is 18.6. The van der Waals surface area contributed by atoms with Gasteiger partial charge in [0.05, 0.1) is 6.54 Å². The molecule has 0 aliphatic carbocycles. The maximum atomic E-state index is 12.7. The van der Waals surface area contributed by atoms with E-state index in [4.69, 9.17) is 0 Å². The van der Waals surface area contributed by atoms with E-state index in [9.17, 15) is 10.0 Å². The number of hydrogen-bond acceptors (Lipinski definition) is 4. The van der Waals surface area contributed by atoms with Gasteiger partial charge in [-0.25, -0.2) is 5.06 Å². The van der Waals surface area contributed by atoms with Gasteiger partial charge in [0.1, 0.15) is 5.69 Å². The van der Waals surface area contributed by atoms with Crippen LogP contribution in [0.5, 0.6) is 0 Å². The predicted molar refractivity (Wildman–Crippen MR) is 111 cm³/mol. The molecular formula is C23H29N3O2. The first kappa shape index (κ1) is 20.2. The number of nitrogens with zero attached hydrogens (tertiary/aromatic N) is 2. The van der Waals surface area contributed by atoms with E-state index in [1.165, 1.54) is 5.57 Å². The van der Waals surface area contributed by atoms with E-state index in [0.29, 0.717) is 5.92 Å². The van der Waals surface area contributed by atoms with Crippen LogP contribution in [0.3, 0.4) is 0 Å². The molecule has 3 rings (SSSR count). The average Bonchev–Trinajstić information content (AvgIpc) is 2.67. The molecule has 1 aliphatic rings. The molecule has 0 saturated heterocycles. The van der Waals surface area contributed by atoms with Gasteiger partial charge >= 0.3 is 0 Å². The number of carbonyl (C=O) groups excluding carboxylic acids is 1.